The van der Waals surface area contributed by atoms with E-state index >= 15 is 0 Å². The monoisotopic (exact) mass is 363 g/mol. The van der Waals surface area contributed by atoms with Gasteiger partial charge in [-0.25, -0.2) is 0 Å². The van der Waals surface area contributed by atoms with Crippen LogP contribution in [0.5, 0.6) is 0 Å². The second-order valence-electron chi connectivity index (χ2n) is 7.51. The SMILES string of the molecule is CCNC(=O)CN1CCN(C(=O)Cc2c(C)nn(CC(C)C)c2C)CC1. The molecule has 146 valence electrons. The highest BCUT2D eigenvalue weighted by Crippen LogP contribution is 2.17. The van der Waals surface area contributed by atoms with Crippen molar-refractivity contribution in [3.05, 3.63) is 17.0 Å². The van der Waals surface area contributed by atoms with Gasteiger partial charge in [0.25, 0.3) is 0 Å². The van der Waals surface area contributed by atoms with Crippen LogP contribution in [-0.4, -0.2) is 70.7 Å². The van der Waals surface area contributed by atoms with Crippen molar-refractivity contribution in [3.8, 4) is 0 Å². The summed E-state index contributed by atoms with van der Waals surface area (Å²) < 4.78 is 2.02. The number of carbonyl (C=O) groups excluding carboxylic acids is 2. The van der Waals surface area contributed by atoms with Crippen molar-refractivity contribution in [1.82, 2.24) is 24.9 Å². The summed E-state index contributed by atoms with van der Waals surface area (Å²) in [5.41, 5.74) is 3.10. The van der Waals surface area contributed by atoms with Gasteiger partial charge in [0.2, 0.25) is 11.8 Å². The lowest BCUT2D eigenvalue weighted by atomic mass is 10.1. The van der Waals surface area contributed by atoms with Gasteiger partial charge in [-0.15, -0.1) is 0 Å². The molecule has 2 rings (SSSR count). The highest BCUT2D eigenvalue weighted by molar-refractivity contribution is 5.80. The summed E-state index contributed by atoms with van der Waals surface area (Å²) in [6, 6.07) is 0. The summed E-state index contributed by atoms with van der Waals surface area (Å²) in [6.45, 7) is 15.1. The average molecular weight is 364 g/mol. The number of aromatic nitrogens is 2. The topological polar surface area (TPSA) is 70.5 Å². The number of rotatable bonds is 7. The Morgan fingerprint density at radius 3 is 2.38 bits per heavy atom. The van der Waals surface area contributed by atoms with Crippen molar-refractivity contribution in [1.29, 1.82) is 0 Å². The first-order chi connectivity index (χ1) is 12.3. The van der Waals surface area contributed by atoms with Crippen LogP contribution in [0.4, 0.5) is 0 Å². The van der Waals surface area contributed by atoms with Gasteiger partial charge >= 0.3 is 0 Å². The van der Waals surface area contributed by atoms with E-state index in [9.17, 15) is 9.59 Å². The number of nitrogens with one attached hydrogen (secondary N) is 1. The van der Waals surface area contributed by atoms with Gasteiger partial charge in [0.1, 0.15) is 0 Å². The molecular weight excluding hydrogens is 330 g/mol. The summed E-state index contributed by atoms with van der Waals surface area (Å²) in [6.07, 6.45) is 0.409. The summed E-state index contributed by atoms with van der Waals surface area (Å²) in [7, 11) is 0. The fraction of sp³-hybridized carbons (Fsp3) is 0.737. The predicted octanol–water partition coefficient (Wildman–Crippen LogP) is 0.979. The van der Waals surface area contributed by atoms with E-state index in [1.165, 1.54) is 0 Å². The van der Waals surface area contributed by atoms with Crippen molar-refractivity contribution >= 4 is 11.8 Å². The molecule has 1 aromatic heterocycles. The Bertz CT molecular complexity index is 630. The zero-order chi connectivity index (χ0) is 19.3. The van der Waals surface area contributed by atoms with Gasteiger partial charge in [0, 0.05) is 50.5 Å². The standard InChI is InChI=1S/C19H33N5O2/c1-6-20-18(25)13-22-7-9-23(10-8-22)19(26)11-17-15(4)21-24(16(17)5)12-14(2)3/h14H,6-13H2,1-5H3,(H,20,25). The molecule has 0 radical (unpaired) electrons. The van der Waals surface area contributed by atoms with Crippen LogP contribution in [0.2, 0.25) is 0 Å². The lowest BCUT2D eigenvalue weighted by Crippen LogP contribution is -2.51. The minimum absolute atomic E-state index is 0.0519. The molecule has 1 saturated heterocycles. The first kappa shape index (κ1) is 20.4. The third-order valence-corrected chi connectivity index (χ3v) is 4.86. The number of nitrogens with zero attached hydrogens (tertiary/aromatic N) is 4. The van der Waals surface area contributed by atoms with Crippen molar-refractivity contribution in [2.45, 2.75) is 47.6 Å². The number of amides is 2. The number of likely N-dealkylation sites (N-methyl/N-ethyl adjacent to an activating group) is 1. The molecule has 1 aromatic rings. The smallest absolute Gasteiger partial charge is 0.234 e. The molecule has 2 heterocycles. The van der Waals surface area contributed by atoms with Crippen molar-refractivity contribution < 1.29 is 9.59 Å². The lowest BCUT2D eigenvalue weighted by molar-refractivity contribution is -0.132. The Labute approximate surface area is 156 Å². The number of piperazine rings is 1. The summed E-state index contributed by atoms with van der Waals surface area (Å²) >= 11 is 0. The van der Waals surface area contributed by atoms with Crippen LogP contribution in [0.25, 0.3) is 0 Å². The van der Waals surface area contributed by atoms with E-state index in [-0.39, 0.29) is 11.8 Å². The third kappa shape index (κ3) is 5.30. The van der Waals surface area contributed by atoms with Crippen LogP contribution >= 0.6 is 0 Å². The second-order valence-corrected chi connectivity index (χ2v) is 7.51. The van der Waals surface area contributed by atoms with Crippen LogP contribution < -0.4 is 5.32 Å². The van der Waals surface area contributed by atoms with Gasteiger partial charge < -0.3 is 10.2 Å². The largest absolute Gasteiger partial charge is 0.355 e. The van der Waals surface area contributed by atoms with Gasteiger partial charge in [-0.3, -0.25) is 19.2 Å². The number of carbonyl (C=O) groups is 2. The fourth-order valence-corrected chi connectivity index (χ4v) is 3.39. The summed E-state index contributed by atoms with van der Waals surface area (Å²) in [4.78, 5) is 28.4. The summed E-state index contributed by atoms with van der Waals surface area (Å²) in [5, 5.41) is 7.42. The zero-order valence-electron chi connectivity index (χ0n) is 16.8. The van der Waals surface area contributed by atoms with Crippen molar-refractivity contribution in [2.24, 2.45) is 5.92 Å². The molecule has 0 saturated carbocycles. The molecule has 0 aromatic carbocycles. The van der Waals surface area contributed by atoms with E-state index in [0.29, 0.717) is 38.5 Å². The summed E-state index contributed by atoms with van der Waals surface area (Å²) in [5.74, 6) is 0.726. The number of hydrogen-bond donors (Lipinski definition) is 1. The molecule has 0 atom stereocenters. The first-order valence-corrected chi connectivity index (χ1v) is 9.61. The molecule has 26 heavy (non-hydrogen) atoms. The normalized spacial score (nSPS) is 15.5. The molecule has 7 heteroatoms. The highest BCUT2D eigenvalue weighted by atomic mass is 16.2. The van der Waals surface area contributed by atoms with E-state index < -0.39 is 0 Å². The van der Waals surface area contributed by atoms with E-state index in [0.717, 1.165) is 36.6 Å². The molecule has 7 nitrogen and oxygen atoms in total. The molecule has 1 aliphatic rings. The maximum absolute atomic E-state index is 12.7. The molecular formula is C19H33N5O2. The van der Waals surface area contributed by atoms with Crippen LogP contribution in [0.3, 0.4) is 0 Å². The molecule has 0 bridgehead atoms. The van der Waals surface area contributed by atoms with Crippen molar-refractivity contribution in [2.75, 3.05) is 39.3 Å². The van der Waals surface area contributed by atoms with E-state index in [4.69, 9.17) is 0 Å². The fourth-order valence-electron chi connectivity index (χ4n) is 3.39. The van der Waals surface area contributed by atoms with Gasteiger partial charge in [-0.1, -0.05) is 13.8 Å². The molecule has 0 spiro atoms. The molecule has 1 N–H and O–H groups in total. The molecule has 0 unspecified atom stereocenters. The first-order valence-electron chi connectivity index (χ1n) is 9.61. The van der Waals surface area contributed by atoms with Gasteiger partial charge in [0.05, 0.1) is 18.7 Å². The molecule has 1 aliphatic heterocycles. The Hall–Kier alpha value is -1.89. The average Bonchev–Trinajstić information content (AvgIpc) is 2.82. The van der Waals surface area contributed by atoms with Gasteiger partial charge in [-0.05, 0) is 26.7 Å². The van der Waals surface area contributed by atoms with Crippen molar-refractivity contribution in [3.63, 3.8) is 0 Å². The van der Waals surface area contributed by atoms with Gasteiger partial charge in [-0.2, -0.15) is 5.10 Å². The van der Waals surface area contributed by atoms with Crippen LogP contribution in [0, 0.1) is 19.8 Å². The molecule has 0 aliphatic carbocycles. The Balaban J connectivity index is 1.90. The maximum Gasteiger partial charge on any atom is 0.234 e. The lowest BCUT2D eigenvalue weighted by Gasteiger charge is -2.34. The highest BCUT2D eigenvalue weighted by Gasteiger charge is 2.24. The number of aryl methyl sites for hydroxylation is 1. The predicted molar refractivity (Wildman–Crippen MR) is 102 cm³/mol. The quantitative estimate of drug-likeness (QED) is 0.784. The minimum Gasteiger partial charge on any atom is -0.355 e. The van der Waals surface area contributed by atoms with E-state index in [1.807, 2.05) is 23.4 Å². The van der Waals surface area contributed by atoms with Crippen LogP contribution in [-0.2, 0) is 22.6 Å². The molecule has 1 fully saturated rings. The number of hydrogen-bond acceptors (Lipinski definition) is 4. The minimum atomic E-state index is 0.0519. The zero-order valence-corrected chi connectivity index (χ0v) is 16.8. The Kier molecular flexibility index (Phi) is 7.20. The van der Waals surface area contributed by atoms with E-state index in [2.05, 4.69) is 36.1 Å². The van der Waals surface area contributed by atoms with Crippen LogP contribution in [0.1, 0.15) is 37.7 Å². The third-order valence-electron chi connectivity index (χ3n) is 4.86. The van der Waals surface area contributed by atoms with Gasteiger partial charge in [0.15, 0.2) is 0 Å². The Morgan fingerprint density at radius 1 is 1.15 bits per heavy atom. The maximum atomic E-state index is 12.7. The van der Waals surface area contributed by atoms with Crippen LogP contribution in [0.15, 0.2) is 0 Å². The Morgan fingerprint density at radius 2 is 1.81 bits per heavy atom. The molecule has 2 amide bonds. The van der Waals surface area contributed by atoms with E-state index in [1.54, 1.807) is 0 Å². The second kappa shape index (κ2) is 9.16.